The Morgan fingerprint density at radius 1 is 1.06 bits per heavy atom. The van der Waals surface area contributed by atoms with Gasteiger partial charge in [-0.1, -0.05) is 12.1 Å². The number of rotatable bonds is 9. The predicted molar refractivity (Wildman–Crippen MR) is 137 cm³/mol. The van der Waals surface area contributed by atoms with Gasteiger partial charge in [0, 0.05) is 25.9 Å². The van der Waals surface area contributed by atoms with Crippen LogP contribution in [-0.4, -0.2) is 37.7 Å². The number of guanidine groups is 1. The summed E-state index contributed by atoms with van der Waals surface area (Å²) in [4.78, 5) is 8.45. The van der Waals surface area contributed by atoms with Gasteiger partial charge in [-0.15, -0.1) is 24.0 Å². The Hall–Kier alpha value is -3.08. The second-order valence-corrected chi connectivity index (χ2v) is 6.94. The zero-order chi connectivity index (χ0) is 22.8. The van der Waals surface area contributed by atoms with Gasteiger partial charge in [-0.2, -0.15) is 0 Å². The molecule has 0 radical (unpaired) electrons. The predicted octanol–water partition coefficient (Wildman–Crippen LogP) is 4.77. The first-order chi connectivity index (χ1) is 15.6. The summed E-state index contributed by atoms with van der Waals surface area (Å²) in [5, 5.41) is 6.50. The molecule has 3 rings (SSSR count). The number of halogens is 2. The molecule has 1 aromatic heterocycles. The van der Waals surface area contributed by atoms with Crippen molar-refractivity contribution in [3.8, 4) is 23.1 Å². The standard InChI is InChI=1S/C24H27FN4O3.HI/c1-17(31-22-7-5-4-6-21(22)30-3)15-28-24(26-2)29-16-18-12-13-27-23(14-18)32-20-10-8-19(25)9-11-20;/h4-14,17H,15-16H2,1-3H3,(H2,26,28,29);1H. The minimum absolute atomic E-state index is 0. The molecule has 1 heterocycles. The molecule has 0 aliphatic rings. The highest BCUT2D eigenvalue weighted by Gasteiger charge is 2.09. The maximum Gasteiger partial charge on any atom is 0.219 e. The van der Waals surface area contributed by atoms with Crippen LogP contribution >= 0.6 is 24.0 Å². The topological polar surface area (TPSA) is 77.0 Å². The normalized spacial score (nSPS) is 11.7. The quantitative estimate of drug-likeness (QED) is 0.221. The van der Waals surface area contributed by atoms with E-state index in [1.165, 1.54) is 12.1 Å². The molecule has 1 atom stereocenters. The Bertz CT molecular complexity index is 1030. The molecular weight excluding hydrogens is 538 g/mol. The van der Waals surface area contributed by atoms with E-state index in [1.54, 1.807) is 32.5 Å². The number of nitrogens with one attached hydrogen (secondary N) is 2. The number of benzene rings is 2. The van der Waals surface area contributed by atoms with Crippen molar-refractivity contribution in [3.63, 3.8) is 0 Å². The van der Waals surface area contributed by atoms with Crippen LogP contribution in [0.1, 0.15) is 12.5 Å². The van der Waals surface area contributed by atoms with E-state index < -0.39 is 0 Å². The van der Waals surface area contributed by atoms with Crippen LogP contribution in [-0.2, 0) is 6.54 Å². The lowest BCUT2D eigenvalue weighted by Gasteiger charge is -2.19. The molecule has 0 bridgehead atoms. The average Bonchev–Trinajstić information content (AvgIpc) is 2.81. The molecule has 1 unspecified atom stereocenters. The summed E-state index contributed by atoms with van der Waals surface area (Å²) in [6, 6.07) is 17.0. The van der Waals surface area contributed by atoms with Gasteiger partial charge < -0.3 is 24.8 Å². The van der Waals surface area contributed by atoms with E-state index in [0.29, 0.717) is 42.2 Å². The van der Waals surface area contributed by atoms with Crippen LogP contribution in [0.2, 0.25) is 0 Å². The van der Waals surface area contributed by atoms with Gasteiger partial charge in [0.1, 0.15) is 17.7 Å². The maximum atomic E-state index is 13.0. The van der Waals surface area contributed by atoms with E-state index >= 15 is 0 Å². The monoisotopic (exact) mass is 566 g/mol. The van der Waals surface area contributed by atoms with Gasteiger partial charge >= 0.3 is 0 Å². The van der Waals surface area contributed by atoms with Crippen LogP contribution in [0.25, 0.3) is 0 Å². The van der Waals surface area contributed by atoms with Crippen LogP contribution in [0, 0.1) is 5.82 Å². The van der Waals surface area contributed by atoms with Crippen molar-refractivity contribution in [3.05, 3.63) is 78.2 Å². The highest BCUT2D eigenvalue weighted by molar-refractivity contribution is 14.0. The molecule has 2 aromatic carbocycles. The molecule has 0 saturated carbocycles. The van der Waals surface area contributed by atoms with Crippen molar-refractivity contribution in [1.29, 1.82) is 0 Å². The summed E-state index contributed by atoms with van der Waals surface area (Å²) in [6.45, 7) is 3.03. The average molecular weight is 566 g/mol. The van der Waals surface area contributed by atoms with Gasteiger partial charge in [-0.25, -0.2) is 9.37 Å². The zero-order valence-corrected chi connectivity index (χ0v) is 21.1. The zero-order valence-electron chi connectivity index (χ0n) is 18.7. The summed E-state index contributed by atoms with van der Waals surface area (Å²) < 4.78 is 30.0. The van der Waals surface area contributed by atoms with Crippen molar-refractivity contribution in [2.75, 3.05) is 20.7 Å². The smallest absolute Gasteiger partial charge is 0.219 e. The Balaban J connectivity index is 0.00000385. The fourth-order valence-corrected chi connectivity index (χ4v) is 2.86. The summed E-state index contributed by atoms with van der Waals surface area (Å²) in [5.41, 5.74) is 0.957. The van der Waals surface area contributed by atoms with Gasteiger partial charge in [-0.05, 0) is 55.0 Å². The Kier molecular flexibility index (Phi) is 10.7. The Morgan fingerprint density at radius 3 is 2.48 bits per heavy atom. The summed E-state index contributed by atoms with van der Waals surface area (Å²) in [7, 11) is 3.32. The third-order valence-electron chi connectivity index (χ3n) is 4.47. The molecule has 9 heteroatoms. The fraction of sp³-hybridized carbons (Fsp3) is 0.250. The van der Waals surface area contributed by atoms with Crippen molar-refractivity contribution in [1.82, 2.24) is 15.6 Å². The number of nitrogens with zero attached hydrogens (tertiary/aromatic N) is 2. The van der Waals surface area contributed by atoms with E-state index in [4.69, 9.17) is 14.2 Å². The molecule has 0 saturated heterocycles. The maximum absolute atomic E-state index is 13.0. The fourth-order valence-electron chi connectivity index (χ4n) is 2.86. The van der Waals surface area contributed by atoms with E-state index in [2.05, 4.69) is 20.6 Å². The number of aromatic nitrogens is 1. The van der Waals surface area contributed by atoms with Crippen LogP contribution in [0.5, 0.6) is 23.1 Å². The third-order valence-corrected chi connectivity index (χ3v) is 4.47. The van der Waals surface area contributed by atoms with Gasteiger partial charge in [0.2, 0.25) is 5.88 Å². The number of hydrogen-bond acceptors (Lipinski definition) is 5. The Morgan fingerprint density at radius 2 is 1.79 bits per heavy atom. The first kappa shape index (κ1) is 26.2. The molecule has 0 aliphatic heterocycles. The lowest BCUT2D eigenvalue weighted by Crippen LogP contribution is -2.41. The molecule has 0 fully saturated rings. The molecule has 33 heavy (non-hydrogen) atoms. The van der Waals surface area contributed by atoms with Crippen molar-refractivity contribution in [2.24, 2.45) is 4.99 Å². The minimum Gasteiger partial charge on any atom is -0.493 e. The van der Waals surface area contributed by atoms with Gasteiger partial charge in [0.15, 0.2) is 17.5 Å². The van der Waals surface area contributed by atoms with Crippen molar-refractivity contribution >= 4 is 29.9 Å². The lowest BCUT2D eigenvalue weighted by atomic mass is 10.2. The number of ether oxygens (including phenoxy) is 3. The van der Waals surface area contributed by atoms with E-state index in [-0.39, 0.29) is 35.9 Å². The molecule has 0 spiro atoms. The second-order valence-electron chi connectivity index (χ2n) is 6.94. The largest absolute Gasteiger partial charge is 0.493 e. The summed E-state index contributed by atoms with van der Waals surface area (Å²) in [5.74, 6) is 2.65. The van der Waals surface area contributed by atoms with E-state index in [9.17, 15) is 4.39 Å². The van der Waals surface area contributed by atoms with Crippen LogP contribution in [0.4, 0.5) is 4.39 Å². The first-order valence-corrected chi connectivity index (χ1v) is 10.2. The highest BCUT2D eigenvalue weighted by atomic mass is 127. The summed E-state index contributed by atoms with van der Waals surface area (Å²) >= 11 is 0. The van der Waals surface area contributed by atoms with Crippen LogP contribution < -0.4 is 24.8 Å². The van der Waals surface area contributed by atoms with Crippen molar-refractivity contribution < 1.29 is 18.6 Å². The van der Waals surface area contributed by atoms with E-state index in [0.717, 1.165) is 5.56 Å². The third kappa shape index (κ3) is 8.41. The molecule has 3 aromatic rings. The molecule has 7 nitrogen and oxygen atoms in total. The lowest BCUT2D eigenvalue weighted by molar-refractivity contribution is 0.213. The second kappa shape index (κ2) is 13.5. The molecular formula is C24H28FIN4O3. The van der Waals surface area contributed by atoms with Crippen molar-refractivity contribution in [2.45, 2.75) is 19.6 Å². The number of aliphatic imine (C=N–C) groups is 1. The number of methoxy groups -OCH3 is 1. The van der Waals surface area contributed by atoms with Gasteiger partial charge in [-0.3, -0.25) is 4.99 Å². The first-order valence-electron chi connectivity index (χ1n) is 10.2. The molecule has 2 N–H and O–H groups in total. The van der Waals surface area contributed by atoms with Gasteiger partial charge in [0.05, 0.1) is 13.7 Å². The molecule has 0 amide bonds. The van der Waals surface area contributed by atoms with Crippen LogP contribution in [0.3, 0.4) is 0 Å². The van der Waals surface area contributed by atoms with Gasteiger partial charge in [0.25, 0.3) is 0 Å². The number of hydrogen-bond donors (Lipinski definition) is 2. The van der Waals surface area contributed by atoms with Crippen LogP contribution in [0.15, 0.2) is 71.9 Å². The summed E-state index contributed by atoms with van der Waals surface area (Å²) in [6.07, 6.45) is 1.55. The molecule has 0 aliphatic carbocycles. The minimum atomic E-state index is -0.315. The van der Waals surface area contributed by atoms with E-state index in [1.807, 2.05) is 43.3 Å². The number of pyridine rings is 1. The highest BCUT2D eigenvalue weighted by Crippen LogP contribution is 2.26. The Labute approximate surface area is 210 Å². The number of para-hydroxylation sites is 2. The molecule has 176 valence electrons. The SMILES string of the molecule is CN=C(NCc1ccnc(Oc2ccc(F)cc2)c1)NCC(C)Oc1ccccc1OC.I.